The molecule has 3 nitrogen and oxygen atoms in total. The molecule has 0 bridgehead atoms. The lowest BCUT2D eigenvalue weighted by atomic mass is 9.97. The minimum Gasteiger partial charge on any atom is -0.508 e. The Hall–Kier alpha value is -1.06. The molecule has 3 unspecified atom stereocenters. The average Bonchev–Trinajstić information content (AvgIpc) is 2.80. The highest BCUT2D eigenvalue weighted by atomic mass is 16.3. The number of aromatic hydroxyl groups is 1. The number of benzene rings is 1. The second-order valence-corrected chi connectivity index (χ2v) is 6.61. The van der Waals surface area contributed by atoms with E-state index < -0.39 is 0 Å². The van der Waals surface area contributed by atoms with E-state index in [1.165, 1.54) is 17.5 Å². The standard InChI is InChI=1S/C18H30N2O/c1-6-14(4)20(5)10-9-19-15-11-13(3)17-12(2)7-8-16(21)18(15)17/h7-8,13-15,19,21H,6,9-11H2,1-5H3. The van der Waals surface area contributed by atoms with Gasteiger partial charge >= 0.3 is 0 Å². The lowest BCUT2D eigenvalue weighted by Crippen LogP contribution is -2.35. The Morgan fingerprint density at radius 1 is 1.38 bits per heavy atom. The van der Waals surface area contributed by atoms with E-state index in [2.05, 4.69) is 45.0 Å². The normalized spacial score (nSPS) is 22.6. The Morgan fingerprint density at radius 2 is 2.10 bits per heavy atom. The minimum atomic E-state index is 0.292. The maximum atomic E-state index is 10.2. The molecule has 0 spiro atoms. The fourth-order valence-corrected chi connectivity index (χ4v) is 3.48. The van der Waals surface area contributed by atoms with Crippen molar-refractivity contribution in [2.75, 3.05) is 20.1 Å². The Kier molecular flexibility index (Phi) is 5.28. The molecule has 1 aliphatic rings. The third kappa shape index (κ3) is 3.41. The van der Waals surface area contributed by atoms with Crippen LogP contribution in [-0.4, -0.2) is 36.2 Å². The van der Waals surface area contributed by atoms with Crippen LogP contribution in [-0.2, 0) is 0 Å². The molecule has 0 saturated carbocycles. The van der Waals surface area contributed by atoms with E-state index in [4.69, 9.17) is 0 Å². The van der Waals surface area contributed by atoms with Crippen LogP contribution in [0.15, 0.2) is 12.1 Å². The highest BCUT2D eigenvalue weighted by molar-refractivity contribution is 5.50. The van der Waals surface area contributed by atoms with Gasteiger partial charge in [-0.15, -0.1) is 0 Å². The number of aryl methyl sites for hydroxylation is 1. The van der Waals surface area contributed by atoms with Crippen LogP contribution in [0.5, 0.6) is 5.75 Å². The lowest BCUT2D eigenvalue weighted by molar-refractivity contribution is 0.247. The molecule has 2 rings (SSSR count). The van der Waals surface area contributed by atoms with E-state index in [0.29, 0.717) is 23.8 Å². The van der Waals surface area contributed by atoms with Crippen molar-refractivity contribution < 1.29 is 5.11 Å². The van der Waals surface area contributed by atoms with Gasteiger partial charge in [0.15, 0.2) is 0 Å². The number of phenols is 1. The number of rotatable bonds is 6. The molecule has 0 aromatic heterocycles. The number of phenolic OH excluding ortho intramolecular Hbond substituents is 1. The van der Waals surface area contributed by atoms with Gasteiger partial charge in [0.05, 0.1) is 0 Å². The summed E-state index contributed by atoms with van der Waals surface area (Å²) in [5, 5.41) is 13.9. The van der Waals surface area contributed by atoms with Crippen LogP contribution >= 0.6 is 0 Å². The second-order valence-electron chi connectivity index (χ2n) is 6.61. The van der Waals surface area contributed by atoms with E-state index in [0.717, 1.165) is 25.1 Å². The number of nitrogens with one attached hydrogen (secondary N) is 1. The Morgan fingerprint density at radius 3 is 2.76 bits per heavy atom. The predicted octanol–water partition coefficient (Wildman–Crippen LogP) is 3.57. The molecule has 1 aromatic rings. The summed E-state index contributed by atoms with van der Waals surface area (Å²) in [4.78, 5) is 2.39. The number of likely N-dealkylation sites (N-methyl/N-ethyl adjacent to an activating group) is 1. The summed E-state index contributed by atoms with van der Waals surface area (Å²) in [6.07, 6.45) is 2.26. The van der Waals surface area contributed by atoms with Crippen molar-refractivity contribution in [2.24, 2.45) is 0 Å². The maximum Gasteiger partial charge on any atom is 0.120 e. The summed E-state index contributed by atoms with van der Waals surface area (Å²) in [6.45, 7) is 10.9. The zero-order valence-electron chi connectivity index (χ0n) is 14.1. The fourth-order valence-electron chi connectivity index (χ4n) is 3.48. The first-order valence-corrected chi connectivity index (χ1v) is 8.21. The molecule has 3 atom stereocenters. The van der Waals surface area contributed by atoms with Crippen molar-refractivity contribution in [1.82, 2.24) is 10.2 Å². The molecule has 0 saturated heterocycles. The van der Waals surface area contributed by atoms with Crippen LogP contribution in [0, 0.1) is 6.92 Å². The van der Waals surface area contributed by atoms with Crippen molar-refractivity contribution in [1.29, 1.82) is 0 Å². The van der Waals surface area contributed by atoms with Crippen molar-refractivity contribution in [2.45, 2.75) is 58.5 Å². The predicted molar refractivity (Wildman–Crippen MR) is 89.0 cm³/mol. The van der Waals surface area contributed by atoms with Gasteiger partial charge in [-0.2, -0.15) is 0 Å². The van der Waals surface area contributed by atoms with E-state index in [9.17, 15) is 5.11 Å². The largest absolute Gasteiger partial charge is 0.508 e. The zero-order chi connectivity index (χ0) is 15.6. The first kappa shape index (κ1) is 16.3. The van der Waals surface area contributed by atoms with Crippen LogP contribution in [0.4, 0.5) is 0 Å². The zero-order valence-corrected chi connectivity index (χ0v) is 14.1. The number of nitrogens with zero attached hydrogens (tertiary/aromatic N) is 1. The van der Waals surface area contributed by atoms with E-state index in [1.54, 1.807) is 0 Å². The van der Waals surface area contributed by atoms with Crippen LogP contribution in [0.1, 0.15) is 62.3 Å². The van der Waals surface area contributed by atoms with Gasteiger partial charge in [-0.25, -0.2) is 0 Å². The first-order valence-electron chi connectivity index (χ1n) is 8.21. The molecule has 1 aromatic carbocycles. The molecule has 3 heteroatoms. The van der Waals surface area contributed by atoms with E-state index in [-0.39, 0.29) is 0 Å². The maximum absolute atomic E-state index is 10.2. The third-order valence-corrected chi connectivity index (χ3v) is 5.11. The molecule has 0 aliphatic heterocycles. The van der Waals surface area contributed by atoms with Crippen LogP contribution in [0.3, 0.4) is 0 Å². The SMILES string of the molecule is CCC(C)N(C)CCNC1CC(C)c2c(C)ccc(O)c21. The van der Waals surface area contributed by atoms with E-state index >= 15 is 0 Å². The summed E-state index contributed by atoms with van der Waals surface area (Å²) >= 11 is 0. The van der Waals surface area contributed by atoms with Gasteiger partial charge in [0, 0.05) is 30.7 Å². The monoisotopic (exact) mass is 290 g/mol. The number of hydrogen-bond acceptors (Lipinski definition) is 3. The quantitative estimate of drug-likeness (QED) is 0.841. The second kappa shape index (κ2) is 6.80. The lowest BCUT2D eigenvalue weighted by Gasteiger charge is -2.25. The van der Waals surface area contributed by atoms with E-state index in [1.807, 2.05) is 12.1 Å². The molecule has 0 heterocycles. The highest BCUT2D eigenvalue weighted by Crippen LogP contribution is 2.45. The molecule has 1 aliphatic carbocycles. The average molecular weight is 290 g/mol. The first-order chi connectivity index (χ1) is 9.95. The molecule has 2 N–H and O–H groups in total. The van der Waals surface area contributed by atoms with Crippen LogP contribution < -0.4 is 5.32 Å². The van der Waals surface area contributed by atoms with Gasteiger partial charge in [0.25, 0.3) is 0 Å². The molecule has 0 radical (unpaired) electrons. The van der Waals surface area contributed by atoms with Gasteiger partial charge in [-0.05, 0) is 56.8 Å². The van der Waals surface area contributed by atoms with Gasteiger partial charge < -0.3 is 15.3 Å². The van der Waals surface area contributed by atoms with Gasteiger partial charge in [0.2, 0.25) is 0 Å². The molecular formula is C18H30N2O. The Labute approximate surface area is 129 Å². The topological polar surface area (TPSA) is 35.5 Å². The van der Waals surface area contributed by atoms with Gasteiger partial charge in [0.1, 0.15) is 5.75 Å². The summed E-state index contributed by atoms with van der Waals surface area (Å²) < 4.78 is 0. The van der Waals surface area contributed by atoms with Gasteiger partial charge in [-0.3, -0.25) is 0 Å². The molecule has 0 amide bonds. The third-order valence-electron chi connectivity index (χ3n) is 5.11. The number of hydrogen-bond donors (Lipinski definition) is 2. The van der Waals surface area contributed by atoms with Crippen molar-refractivity contribution in [3.63, 3.8) is 0 Å². The summed E-state index contributed by atoms with van der Waals surface area (Å²) in [7, 11) is 2.18. The number of fused-ring (bicyclic) bond motifs is 1. The van der Waals surface area contributed by atoms with Crippen molar-refractivity contribution in [3.8, 4) is 5.75 Å². The molecular weight excluding hydrogens is 260 g/mol. The van der Waals surface area contributed by atoms with Gasteiger partial charge in [-0.1, -0.05) is 19.9 Å². The summed E-state index contributed by atoms with van der Waals surface area (Å²) in [5.41, 5.74) is 3.78. The summed E-state index contributed by atoms with van der Waals surface area (Å²) in [5.74, 6) is 0.977. The molecule has 118 valence electrons. The van der Waals surface area contributed by atoms with Crippen molar-refractivity contribution >= 4 is 0 Å². The molecule has 0 fully saturated rings. The van der Waals surface area contributed by atoms with Crippen molar-refractivity contribution in [3.05, 3.63) is 28.8 Å². The Bertz CT molecular complexity index is 486. The smallest absolute Gasteiger partial charge is 0.120 e. The Balaban J connectivity index is 2.00. The van der Waals surface area contributed by atoms with Crippen LogP contribution in [0.25, 0.3) is 0 Å². The summed E-state index contributed by atoms with van der Waals surface area (Å²) in [6, 6.07) is 4.79. The fraction of sp³-hybridized carbons (Fsp3) is 0.667. The highest BCUT2D eigenvalue weighted by Gasteiger charge is 2.31. The minimum absolute atomic E-state index is 0.292. The molecule has 21 heavy (non-hydrogen) atoms. The van der Waals surface area contributed by atoms with Crippen LogP contribution in [0.2, 0.25) is 0 Å².